The first-order valence-electron chi connectivity index (χ1n) is 14.3. The zero-order chi connectivity index (χ0) is 34.8. The molecule has 0 saturated carbocycles. The van der Waals surface area contributed by atoms with Crippen molar-refractivity contribution in [1.82, 2.24) is 0 Å². The lowest BCUT2D eigenvalue weighted by Crippen LogP contribution is -2.40. The van der Waals surface area contributed by atoms with Crippen molar-refractivity contribution in [1.29, 1.82) is 0 Å². The maximum Gasteiger partial charge on any atom is 0.573 e. The van der Waals surface area contributed by atoms with Crippen LogP contribution in [0.5, 0.6) is 5.75 Å². The summed E-state index contributed by atoms with van der Waals surface area (Å²) in [5, 5.41) is 25.0. The highest BCUT2D eigenvalue weighted by Gasteiger charge is 2.39. The van der Waals surface area contributed by atoms with Gasteiger partial charge in [0.25, 0.3) is 0 Å². The number of para-hydroxylation sites is 1. The second-order valence-electron chi connectivity index (χ2n) is 10.7. The molecule has 4 aromatic rings. The minimum Gasteiger partial charge on any atom is -0.479 e. The van der Waals surface area contributed by atoms with Gasteiger partial charge in [0.05, 0.1) is 11.5 Å². The van der Waals surface area contributed by atoms with E-state index in [1.165, 1.54) is 30.8 Å². The first-order valence-corrected chi connectivity index (χ1v) is 17.1. The predicted octanol–water partition coefficient (Wildman–Crippen LogP) is 8.96. The number of anilines is 2. The van der Waals surface area contributed by atoms with Crippen LogP contribution >= 0.6 is 23.5 Å². The Kier molecular flexibility index (Phi) is 13.2. The molecule has 2 aromatic heterocycles. The molecule has 2 aromatic carbocycles. The van der Waals surface area contributed by atoms with E-state index in [4.69, 9.17) is 8.83 Å². The number of aliphatic carboxylic acids is 2. The van der Waals surface area contributed by atoms with E-state index in [1.54, 1.807) is 30.0 Å². The van der Waals surface area contributed by atoms with Gasteiger partial charge in [0.2, 0.25) is 0 Å². The van der Waals surface area contributed by atoms with Gasteiger partial charge in [-0.1, -0.05) is 32.0 Å². The van der Waals surface area contributed by atoms with Gasteiger partial charge in [-0.15, -0.1) is 13.2 Å². The number of rotatable bonds is 14. The van der Waals surface area contributed by atoms with Crippen LogP contribution in [0, 0.1) is 0 Å². The van der Waals surface area contributed by atoms with Crippen molar-refractivity contribution in [3.63, 3.8) is 0 Å². The Hall–Kier alpha value is -4.17. The summed E-state index contributed by atoms with van der Waals surface area (Å²) in [7, 11) is 0. The number of ether oxygens (including phenoxy) is 1. The van der Waals surface area contributed by atoms with Crippen LogP contribution in [0.3, 0.4) is 0 Å². The molecular formula is C33H37F3N2O7S2. The van der Waals surface area contributed by atoms with Gasteiger partial charge in [-0.25, -0.2) is 9.59 Å². The van der Waals surface area contributed by atoms with Gasteiger partial charge in [-0.3, -0.25) is 0 Å². The molecule has 0 amide bonds. The van der Waals surface area contributed by atoms with E-state index in [-0.39, 0.29) is 5.76 Å². The molecule has 0 bridgehead atoms. The van der Waals surface area contributed by atoms with Crippen molar-refractivity contribution in [2.24, 2.45) is 0 Å². The van der Waals surface area contributed by atoms with Gasteiger partial charge in [-0.05, 0) is 85.5 Å². The van der Waals surface area contributed by atoms with E-state index in [2.05, 4.69) is 29.2 Å². The number of nitrogens with one attached hydrogen (secondary N) is 2. The fourth-order valence-corrected chi connectivity index (χ4v) is 5.31. The molecule has 2 atom stereocenters. The summed E-state index contributed by atoms with van der Waals surface area (Å²) in [6.07, 6.45) is -0.915. The molecule has 0 radical (unpaired) electrons. The third-order valence-corrected chi connectivity index (χ3v) is 7.88. The zero-order valence-electron chi connectivity index (χ0n) is 26.4. The standard InChI is InChI=1S/C17H21NO3S.C16H16F3NO4S/c1-11(2)13-6-4-5-7-14(13)18-16(17(19)20)15-9-8-12(21-15)10-22-3;1-15(14(21)22,13-8-7-12(23-13)9-25-2)20-10-3-5-11(6-4-10)24-16(17,18)19/h4-9,11,16,18H,10H2,1-3H3,(H,19,20);3-8,20H,9H2,1-2H3,(H,21,22). The maximum absolute atomic E-state index is 12.2. The van der Waals surface area contributed by atoms with Crippen LogP contribution in [0.15, 0.2) is 81.6 Å². The first kappa shape index (κ1) is 37.3. The molecule has 0 spiro atoms. The first-order chi connectivity index (χ1) is 22.2. The van der Waals surface area contributed by atoms with Crippen molar-refractivity contribution < 1.29 is 46.5 Å². The van der Waals surface area contributed by atoms with Gasteiger partial charge in [0, 0.05) is 11.4 Å². The zero-order valence-corrected chi connectivity index (χ0v) is 28.0. The number of hydrogen-bond donors (Lipinski definition) is 4. The summed E-state index contributed by atoms with van der Waals surface area (Å²) in [6, 6.07) is 18.5. The number of alkyl halides is 3. The van der Waals surface area contributed by atoms with Gasteiger partial charge in [-0.2, -0.15) is 23.5 Å². The number of thioether (sulfide) groups is 2. The minimum absolute atomic E-state index is 0.194. The van der Waals surface area contributed by atoms with E-state index in [0.717, 1.165) is 34.9 Å². The van der Waals surface area contributed by atoms with Crippen molar-refractivity contribution in [3.05, 3.63) is 101 Å². The number of carbonyl (C=O) groups is 2. The van der Waals surface area contributed by atoms with E-state index < -0.39 is 35.6 Å². The summed E-state index contributed by atoms with van der Waals surface area (Å²) < 4.78 is 51.5. The van der Waals surface area contributed by atoms with Crippen molar-refractivity contribution in [2.45, 2.75) is 56.1 Å². The van der Waals surface area contributed by atoms with E-state index in [1.807, 2.05) is 42.8 Å². The molecule has 0 aliphatic carbocycles. The minimum atomic E-state index is -4.79. The van der Waals surface area contributed by atoms with Crippen LogP contribution in [0.1, 0.15) is 61.3 Å². The fourth-order valence-electron chi connectivity index (χ4n) is 4.43. The molecule has 9 nitrogen and oxygen atoms in total. The summed E-state index contributed by atoms with van der Waals surface area (Å²) in [4.78, 5) is 23.4. The summed E-state index contributed by atoms with van der Waals surface area (Å²) in [6.45, 7) is 5.58. The normalized spacial score (nSPS) is 13.2. The van der Waals surface area contributed by atoms with E-state index >= 15 is 0 Å². The van der Waals surface area contributed by atoms with Gasteiger partial charge in [0.15, 0.2) is 11.6 Å². The third-order valence-electron chi connectivity index (χ3n) is 6.73. The van der Waals surface area contributed by atoms with Crippen LogP contribution in [-0.2, 0) is 26.6 Å². The summed E-state index contributed by atoms with van der Waals surface area (Å²) >= 11 is 3.17. The largest absolute Gasteiger partial charge is 0.573 e. The molecule has 14 heteroatoms. The summed E-state index contributed by atoms with van der Waals surface area (Å²) in [5.74, 6) is 1.13. The molecule has 0 aliphatic heterocycles. The fraction of sp³-hybridized carbons (Fsp3) is 0.333. The van der Waals surface area contributed by atoms with Crippen LogP contribution in [0.4, 0.5) is 24.5 Å². The molecular weight excluding hydrogens is 657 g/mol. The van der Waals surface area contributed by atoms with E-state index in [0.29, 0.717) is 28.9 Å². The highest BCUT2D eigenvalue weighted by atomic mass is 32.2. The predicted molar refractivity (Wildman–Crippen MR) is 178 cm³/mol. The van der Waals surface area contributed by atoms with Crippen LogP contribution < -0.4 is 15.4 Å². The average molecular weight is 695 g/mol. The Bertz CT molecular complexity index is 1610. The topological polar surface area (TPSA) is 134 Å². The lowest BCUT2D eigenvalue weighted by atomic mass is 9.98. The molecule has 47 heavy (non-hydrogen) atoms. The Morgan fingerprint density at radius 1 is 0.872 bits per heavy atom. The number of hydrogen-bond acceptors (Lipinski definition) is 9. The monoisotopic (exact) mass is 694 g/mol. The van der Waals surface area contributed by atoms with Crippen LogP contribution in [-0.4, -0.2) is 41.0 Å². The third kappa shape index (κ3) is 10.7. The second-order valence-corrected chi connectivity index (χ2v) is 12.5. The molecule has 2 unspecified atom stereocenters. The molecule has 4 rings (SSSR count). The lowest BCUT2D eigenvalue weighted by Gasteiger charge is -2.25. The average Bonchev–Trinajstić information content (AvgIpc) is 3.67. The van der Waals surface area contributed by atoms with Crippen molar-refractivity contribution >= 4 is 46.8 Å². The second kappa shape index (κ2) is 16.6. The van der Waals surface area contributed by atoms with Gasteiger partial charge < -0.3 is 34.4 Å². The smallest absolute Gasteiger partial charge is 0.479 e. The Labute approximate surface area is 279 Å². The van der Waals surface area contributed by atoms with E-state index in [9.17, 15) is 33.0 Å². The lowest BCUT2D eigenvalue weighted by molar-refractivity contribution is -0.274. The molecule has 0 aliphatic rings. The van der Waals surface area contributed by atoms with Gasteiger partial charge >= 0.3 is 18.3 Å². The number of furan rings is 2. The highest BCUT2D eigenvalue weighted by Crippen LogP contribution is 2.32. The van der Waals surface area contributed by atoms with Crippen LogP contribution in [0.2, 0.25) is 0 Å². The van der Waals surface area contributed by atoms with Gasteiger partial charge in [0.1, 0.15) is 28.8 Å². The summed E-state index contributed by atoms with van der Waals surface area (Å²) in [5.41, 5.74) is 0.642. The van der Waals surface area contributed by atoms with Crippen LogP contribution in [0.25, 0.3) is 0 Å². The van der Waals surface area contributed by atoms with Crippen molar-refractivity contribution in [3.8, 4) is 5.75 Å². The number of carboxylic acids is 2. The number of carboxylic acid groups (broad SMARTS) is 2. The maximum atomic E-state index is 12.2. The van der Waals surface area contributed by atoms with Crippen molar-refractivity contribution in [2.75, 3.05) is 23.1 Å². The number of benzene rings is 2. The SMILES string of the molecule is CSCc1ccc(C(C)(Nc2ccc(OC(F)(F)F)cc2)C(=O)O)o1.CSCc1ccc(C(Nc2ccccc2C(C)C)C(=O)O)o1. The Morgan fingerprint density at radius 3 is 2.02 bits per heavy atom. The quantitative estimate of drug-likeness (QED) is 0.101. The molecule has 4 N–H and O–H groups in total. The highest BCUT2D eigenvalue weighted by molar-refractivity contribution is 7.98. The molecule has 254 valence electrons. The molecule has 0 fully saturated rings. The number of halogens is 3. The Balaban J connectivity index is 0.000000257. The molecule has 2 heterocycles. The Morgan fingerprint density at radius 2 is 1.47 bits per heavy atom. The molecule has 0 saturated heterocycles.